The van der Waals surface area contributed by atoms with E-state index >= 15 is 0 Å². The van der Waals surface area contributed by atoms with Crippen molar-refractivity contribution in [2.24, 2.45) is 0 Å². The normalized spacial score (nSPS) is 11.0. The lowest BCUT2D eigenvalue weighted by atomic mass is 10.2. The molecule has 0 radical (unpaired) electrons. The number of aryl methyl sites for hydroxylation is 1. The summed E-state index contributed by atoms with van der Waals surface area (Å²) in [7, 11) is 0. The van der Waals surface area contributed by atoms with E-state index in [1.165, 1.54) is 0 Å². The minimum Gasteiger partial charge on any atom is -0.399 e. The van der Waals surface area contributed by atoms with E-state index in [2.05, 4.69) is 4.98 Å². The van der Waals surface area contributed by atoms with Gasteiger partial charge in [0, 0.05) is 31.6 Å². The molecule has 0 unspecified atom stereocenters. The van der Waals surface area contributed by atoms with Crippen molar-refractivity contribution in [1.82, 2.24) is 4.98 Å². The molecule has 1 aromatic heterocycles. The summed E-state index contributed by atoms with van der Waals surface area (Å²) in [5, 5.41) is 2.36. The fourth-order valence-corrected chi connectivity index (χ4v) is 3.66. The van der Waals surface area contributed by atoms with E-state index in [1.54, 1.807) is 23.9 Å². The van der Waals surface area contributed by atoms with E-state index in [0.29, 0.717) is 15.7 Å². The number of halogens is 2. The van der Waals surface area contributed by atoms with Gasteiger partial charge in [0.15, 0.2) is 0 Å². The highest BCUT2D eigenvalue weighted by Gasteiger charge is 2.09. The Morgan fingerprint density at radius 3 is 2.62 bits per heavy atom. The molecule has 3 aromatic rings. The fraction of sp³-hybridized carbons (Fsp3) is 0.0625. The molecule has 0 amide bonds. The molecule has 0 spiro atoms. The Balaban J connectivity index is 2.15. The Kier molecular flexibility index (Phi) is 3.98. The minimum absolute atomic E-state index is 0.663. The zero-order chi connectivity index (χ0) is 15.0. The lowest BCUT2D eigenvalue weighted by Crippen LogP contribution is -1.90. The average molecular weight is 335 g/mol. The fourth-order valence-electron chi connectivity index (χ4n) is 2.10. The first-order chi connectivity index (χ1) is 10.0. The number of pyridine rings is 1. The largest absolute Gasteiger partial charge is 0.399 e. The van der Waals surface area contributed by atoms with Crippen molar-refractivity contribution in [1.29, 1.82) is 0 Å². The summed E-state index contributed by atoms with van der Waals surface area (Å²) in [6.07, 6.45) is 0. The predicted octanol–water partition coefficient (Wildman–Crippen LogP) is 5.58. The number of nitrogens with zero attached hydrogens (tertiary/aromatic N) is 1. The second-order valence-electron chi connectivity index (χ2n) is 4.72. The third-order valence-corrected chi connectivity index (χ3v) is 4.83. The highest BCUT2D eigenvalue weighted by Crippen LogP contribution is 2.38. The second kappa shape index (κ2) is 5.76. The van der Waals surface area contributed by atoms with Gasteiger partial charge in [-0.1, -0.05) is 35.0 Å². The number of fused-ring (bicyclic) bond motifs is 1. The number of aromatic nitrogens is 1. The molecule has 0 atom stereocenters. The van der Waals surface area contributed by atoms with E-state index in [4.69, 9.17) is 28.9 Å². The monoisotopic (exact) mass is 334 g/mol. The SMILES string of the molecule is Cc1cc(Sc2cc(Cl)ccc2Cl)c2cc(N)ccc2n1. The van der Waals surface area contributed by atoms with E-state index < -0.39 is 0 Å². The molecule has 0 aliphatic heterocycles. The molecular formula is C16H12Cl2N2S. The van der Waals surface area contributed by atoms with Crippen LogP contribution in [0.3, 0.4) is 0 Å². The van der Waals surface area contributed by atoms with Crippen LogP contribution in [0.1, 0.15) is 5.69 Å². The number of hydrogen-bond acceptors (Lipinski definition) is 3. The van der Waals surface area contributed by atoms with Crippen LogP contribution in [0.5, 0.6) is 0 Å². The molecule has 0 saturated carbocycles. The van der Waals surface area contributed by atoms with Gasteiger partial charge in [0.05, 0.1) is 10.5 Å². The van der Waals surface area contributed by atoms with Gasteiger partial charge in [0.25, 0.3) is 0 Å². The van der Waals surface area contributed by atoms with Crippen molar-refractivity contribution < 1.29 is 0 Å². The Morgan fingerprint density at radius 1 is 1.00 bits per heavy atom. The Morgan fingerprint density at radius 2 is 1.81 bits per heavy atom. The van der Waals surface area contributed by atoms with Crippen molar-refractivity contribution >= 4 is 51.6 Å². The summed E-state index contributed by atoms with van der Waals surface area (Å²) in [6, 6.07) is 13.2. The summed E-state index contributed by atoms with van der Waals surface area (Å²) in [4.78, 5) is 6.51. The van der Waals surface area contributed by atoms with Crippen molar-refractivity contribution in [3.05, 3.63) is 58.2 Å². The maximum Gasteiger partial charge on any atom is 0.0718 e. The third kappa shape index (κ3) is 3.10. The molecule has 0 fully saturated rings. The molecule has 1 heterocycles. The summed E-state index contributed by atoms with van der Waals surface area (Å²) >= 11 is 13.9. The zero-order valence-electron chi connectivity index (χ0n) is 11.2. The second-order valence-corrected chi connectivity index (χ2v) is 6.64. The van der Waals surface area contributed by atoms with E-state index in [1.807, 2.05) is 37.3 Å². The quantitative estimate of drug-likeness (QED) is 0.621. The maximum atomic E-state index is 6.25. The first kappa shape index (κ1) is 14.5. The van der Waals surface area contributed by atoms with Gasteiger partial charge in [-0.25, -0.2) is 0 Å². The van der Waals surface area contributed by atoms with Gasteiger partial charge in [-0.2, -0.15) is 0 Å². The maximum absolute atomic E-state index is 6.25. The van der Waals surface area contributed by atoms with Crippen LogP contribution >= 0.6 is 35.0 Å². The Hall–Kier alpha value is -1.42. The molecule has 106 valence electrons. The number of benzene rings is 2. The summed E-state index contributed by atoms with van der Waals surface area (Å²) in [5.74, 6) is 0. The molecule has 0 bridgehead atoms. The topological polar surface area (TPSA) is 38.9 Å². The van der Waals surface area contributed by atoms with E-state index in [9.17, 15) is 0 Å². The molecule has 0 aliphatic rings. The van der Waals surface area contributed by atoms with Crippen LogP contribution in [0.2, 0.25) is 10.0 Å². The molecule has 2 aromatic carbocycles. The van der Waals surface area contributed by atoms with Gasteiger partial charge >= 0.3 is 0 Å². The van der Waals surface area contributed by atoms with Crippen molar-refractivity contribution in [3.63, 3.8) is 0 Å². The summed E-state index contributed by atoms with van der Waals surface area (Å²) in [6.45, 7) is 1.97. The van der Waals surface area contributed by atoms with Crippen LogP contribution in [0.4, 0.5) is 5.69 Å². The highest BCUT2D eigenvalue weighted by molar-refractivity contribution is 7.99. The van der Waals surface area contributed by atoms with E-state index in [-0.39, 0.29) is 0 Å². The van der Waals surface area contributed by atoms with Gasteiger partial charge < -0.3 is 5.73 Å². The van der Waals surface area contributed by atoms with Crippen molar-refractivity contribution in [2.45, 2.75) is 16.7 Å². The molecule has 2 nitrogen and oxygen atoms in total. The van der Waals surface area contributed by atoms with Crippen LogP contribution in [0, 0.1) is 6.92 Å². The molecule has 0 aliphatic carbocycles. The summed E-state index contributed by atoms with van der Waals surface area (Å²) in [5.41, 5.74) is 8.48. The zero-order valence-corrected chi connectivity index (χ0v) is 13.6. The summed E-state index contributed by atoms with van der Waals surface area (Å²) < 4.78 is 0. The number of hydrogen-bond donors (Lipinski definition) is 1. The Bertz CT molecular complexity index is 834. The number of rotatable bonds is 2. The number of nitrogen functional groups attached to an aromatic ring is 1. The highest BCUT2D eigenvalue weighted by atomic mass is 35.5. The number of nitrogens with two attached hydrogens (primary N) is 1. The van der Waals surface area contributed by atoms with Gasteiger partial charge in [-0.3, -0.25) is 4.98 Å². The van der Waals surface area contributed by atoms with Crippen LogP contribution in [0.15, 0.2) is 52.3 Å². The van der Waals surface area contributed by atoms with Crippen LogP contribution in [-0.2, 0) is 0 Å². The van der Waals surface area contributed by atoms with Crippen molar-refractivity contribution in [3.8, 4) is 0 Å². The van der Waals surface area contributed by atoms with E-state index in [0.717, 1.165) is 26.4 Å². The van der Waals surface area contributed by atoms with Gasteiger partial charge in [0.2, 0.25) is 0 Å². The standard InChI is InChI=1S/C16H12Cl2N2S/c1-9-6-15(12-8-11(19)3-5-14(12)20-9)21-16-7-10(17)2-4-13(16)18/h2-8H,19H2,1H3. The lowest BCUT2D eigenvalue weighted by molar-refractivity contribution is 1.22. The molecule has 2 N–H and O–H groups in total. The minimum atomic E-state index is 0.663. The first-order valence-electron chi connectivity index (χ1n) is 6.33. The van der Waals surface area contributed by atoms with Crippen LogP contribution in [0.25, 0.3) is 10.9 Å². The molecular weight excluding hydrogens is 323 g/mol. The smallest absolute Gasteiger partial charge is 0.0718 e. The molecule has 0 saturated heterocycles. The first-order valence-corrected chi connectivity index (χ1v) is 7.90. The predicted molar refractivity (Wildman–Crippen MR) is 91.5 cm³/mol. The van der Waals surface area contributed by atoms with Gasteiger partial charge in [-0.15, -0.1) is 0 Å². The van der Waals surface area contributed by atoms with Crippen LogP contribution < -0.4 is 5.73 Å². The van der Waals surface area contributed by atoms with Crippen molar-refractivity contribution in [2.75, 3.05) is 5.73 Å². The lowest BCUT2D eigenvalue weighted by Gasteiger charge is -2.10. The average Bonchev–Trinajstić information content (AvgIpc) is 2.43. The molecule has 3 rings (SSSR count). The number of anilines is 1. The van der Waals surface area contributed by atoms with Crippen LogP contribution in [-0.4, -0.2) is 4.98 Å². The third-order valence-electron chi connectivity index (χ3n) is 3.04. The van der Waals surface area contributed by atoms with Gasteiger partial charge in [0.1, 0.15) is 0 Å². The Labute approximate surface area is 137 Å². The molecule has 21 heavy (non-hydrogen) atoms. The molecule has 5 heteroatoms. The van der Waals surface area contributed by atoms with Gasteiger partial charge in [-0.05, 0) is 49.4 Å².